The van der Waals surface area contributed by atoms with E-state index in [2.05, 4.69) is 5.32 Å². The minimum Gasteiger partial charge on any atom is -0.297 e. The molecule has 1 nitrogen and oxygen atoms in total. The highest BCUT2D eigenvalue weighted by molar-refractivity contribution is 5.22. The molecule has 0 aromatic heterocycles. The zero-order chi connectivity index (χ0) is 13.4. The zero-order valence-electron chi connectivity index (χ0n) is 10.0. The minimum absolute atomic E-state index is 0.0995. The van der Waals surface area contributed by atoms with Crippen LogP contribution >= 0.6 is 0 Å². The van der Waals surface area contributed by atoms with Gasteiger partial charge in [0.1, 0.15) is 11.4 Å². The van der Waals surface area contributed by atoms with Gasteiger partial charge in [0, 0.05) is 6.04 Å². The van der Waals surface area contributed by atoms with Gasteiger partial charge >= 0.3 is 6.18 Å². The van der Waals surface area contributed by atoms with Gasteiger partial charge in [0.05, 0.1) is 0 Å². The van der Waals surface area contributed by atoms with Crippen LogP contribution in [0.15, 0.2) is 24.3 Å². The van der Waals surface area contributed by atoms with Gasteiger partial charge in [-0.2, -0.15) is 13.2 Å². The molecule has 2 rings (SSSR count). The first-order chi connectivity index (χ1) is 8.38. The van der Waals surface area contributed by atoms with E-state index in [4.69, 9.17) is 0 Å². The average molecular weight is 261 g/mol. The van der Waals surface area contributed by atoms with Crippen molar-refractivity contribution in [3.05, 3.63) is 35.6 Å². The third-order valence-electron chi connectivity index (χ3n) is 3.40. The summed E-state index contributed by atoms with van der Waals surface area (Å²) in [4.78, 5) is 0. The van der Waals surface area contributed by atoms with Gasteiger partial charge in [-0.25, -0.2) is 4.39 Å². The first-order valence-corrected chi connectivity index (χ1v) is 5.98. The molecule has 0 amide bonds. The monoisotopic (exact) mass is 261 g/mol. The topological polar surface area (TPSA) is 12.0 Å². The number of hydrogen-bond donors (Lipinski definition) is 1. The Morgan fingerprint density at radius 1 is 1.33 bits per heavy atom. The largest absolute Gasteiger partial charge is 0.406 e. The summed E-state index contributed by atoms with van der Waals surface area (Å²) in [6.07, 6.45) is -3.56. The maximum Gasteiger partial charge on any atom is 0.406 e. The van der Waals surface area contributed by atoms with Gasteiger partial charge in [0.15, 0.2) is 0 Å². The summed E-state index contributed by atoms with van der Waals surface area (Å²) in [5.74, 6) is -0.426. The van der Waals surface area contributed by atoms with Crippen molar-refractivity contribution in [1.82, 2.24) is 5.32 Å². The molecule has 1 fully saturated rings. The molecule has 0 radical (unpaired) electrons. The van der Waals surface area contributed by atoms with Crippen molar-refractivity contribution in [2.75, 3.05) is 0 Å². The fourth-order valence-corrected chi connectivity index (χ4v) is 2.11. The van der Waals surface area contributed by atoms with Crippen molar-refractivity contribution in [2.24, 2.45) is 0 Å². The highest BCUT2D eigenvalue weighted by Gasteiger charge is 2.63. The van der Waals surface area contributed by atoms with E-state index in [1.54, 1.807) is 13.0 Å². The van der Waals surface area contributed by atoms with Crippen LogP contribution in [0.4, 0.5) is 17.6 Å². The lowest BCUT2D eigenvalue weighted by Crippen LogP contribution is -2.46. The molecule has 1 aromatic carbocycles. The van der Waals surface area contributed by atoms with Gasteiger partial charge in [-0.05, 0) is 37.0 Å². The van der Waals surface area contributed by atoms with Gasteiger partial charge in [-0.3, -0.25) is 5.32 Å². The van der Waals surface area contributed by atoms with Gasteiger partial charge in [0.2, 0.25) is 0 Å². The zero-order valence-corrected chi connectivity index (χ0v) is 10.0. The number of benzene rings is 1. The molecule has 1 atom stereocenters. The van der Waals surface area contributed by atoms with E-state index in [0.717, 1.165) is 0 Å². The molecular weight excluding hydrogens is 246 g/mol. The summed E-state index contributed by atoms with van der Waals surface area (Å²) >= 11 is 0. The third-order valence-corrected chi connectivity index (χ3v) is 3.40. The standard InChI is InChI=1S/C13H15F4N/c1-2-11(9-4-3-5-10(14)8-9)18-12(6-7-12)13(15,16)17/h3-5,8,11,18H,2,6-7H2,1H3. The Kier molecular flexibility index (Phi) is 3.36. The molecule has 1 aliphatic rings. The van der Waals surface area contributed by atoms with Crippen molar-refractivity contribution >= 4 is 0 Å². The number of alkyl halides is 3. The van der Waals surface area contributed by atoms with Crippen LogP contribution in [0.3, 0.4) is 0 Å². The van der Waals surface area contributed by atoms with E-state index in [1.807, 2.05) is 0 Å². The molecule has 1 aliphatic carbocycles. The van der Waals surface area contributed by atoms with Crippen LogP contribution in [0.1, 0.15) is 37.8 Å². The van der Waals surface area contributed by atoms with Crippen LogP contribution in [-0.4, -0.2) is 11.7 Å². The molecule has 5 heteroatoms. The van der Waals surface area contributed by atoms with E-state index < -0.39 is 23.6 Å². The molecular formula is C13H15F4N. The highest BCUT2D eigenvalue weighted by Crippen LogP contribution is 2.50. The van der Waals surface area contributed by atoms with E-state index in [-0.39, 0.29) is 12.8 Å². The molecule has 0 aliphatic heterocycles. The van der Waals surface area contributed by atoms with Crippen LogP contribution in [-0.2, 0) is 0 Å². The molecule has 1 saturated carbocycles. The fourth-order valence-electron chi connectivity index (χ4n) is 2.11. The molecule has 1 N–H and O–H groups in total. The van der Waals surface area contributed by atoms with Gasteiger partial charge in [0.25, 0.3) is 0 Å². The molecule has 0 heterocycles. The molecule has 1 aromatic rings. The van der Waals surface area contributed by atoms with Crippen LogP contribution in [0.25, 0.3) is 0 Å². The van der Waals surface area contributed by atoms with Crippen LogP contribution < -0.4 is 5.32 Å². The number of halogens is 4. The Balaban J connectivity index is 2.16. The van der Waals surface area contributed by atoms with Crippen molar-refractivity contribution in [2.45, 2.75) is 43.9 Å². The van der Waals surface area contributed by atoms with E-state index >= 15 is 0 Å². The van der Waals surface area contributed by atoms with E-state index in [9.17, 15) is 17.6 Å². The maximum absolute atomic E-state index is 13.1. The van der Waals surface area contributed by atoms with Gasteiger partial charge in [-0.1, -0.05) is 19.1 Å². The minimum atomic E-state index is -4.24. The lowest BCUT2D eigenvalue weighted by Gasteiger charge is -2.27. The van der Waals surface area contributed by atoms with Gasteiger partial charge in [-0.15, -0.1) is 0 Å². The smallest absolute Gasteiger partial charge is 0.297 e. The molecule has 0 bridgehead atoms. The fraction of sp³-hybridized carbons (Fsp3) is 0.538. The molecule has 1 unspecified atom stereocenters. The summed E-state index contributed by atoms with van der Waals surface area (Å²) in [5, 5.41) is 2.65. The maximum atomic E-state index is 13.1. The third kappa shape index (κ3) is 2.51. The van der Waals surface area contributed by atoms with E-state index in [1.165, 1.54) is 18.2 Å². The Bertz CT molecular complexity index is 423. The molecule has 18 heavy (non-hydrogen) atoms. The van der Waals surface area contributed by atoms with Gasteiger partial charge < -0.3 is 0 Å². The van der Waals surface area contributed by atoms with Crippen molar-refractivity contribution in [1.29, 1.82) is 0 Å². The second-order valence-electron chi connectivity index (χ2n) is 4.74. The lowest BCUT2D eigenvalue weighted by molar-refractivity contribution is -0.168. The van der Waals surface area contributed by atoms with Crippen LogP contribution in [0.5, 0.6) is 0 Å². The predicted octanol–water partition coefficient (Wildman–Crippen LogP) is 3.96. The quantitative estimate of drug-likeness (QED) is 0.809. The second kappa shape index (κ2) is 4.53. The summed E-state index contributed by atoms with van der Waals surface area (Å²) in [6, 6.07) is 5.27. The SMILES string of the molecule is CCC(NC1(C(F)(F)F)CC1)c1cccc(F)c1. The summed E-state index contributed by atoms with van der Waals surface area (Å²) < 4.78 is 51.6. The number of rotatable bonds is 4. The Morgan fingerprint density at radius 2 is 2.00 bits per heavy atom. The van der Waals surface area contributed by atoms with Crippen molar-refractivity contribution in [3.8, 4) is 0 Å². The lowest BCUT2D eigenvalue weighted by atomic mass is 10.0. The van der Waals surface area contributed by atoms with Crippen LogP contribution in [0.2, 0.25) is 0 Å². The summed E-state index contributed by atoms with van der Waals surface area (Å²) in [7, 11) is 0. The molecule has 0 spiro atoms. The Morgan fingerprint density at radius 3 is 2.44 bits per heavy atom. The Labute approximate surface area is 103 Å². The first kappa shape index (κ1) is 13.3. The van der Waals surface area contributed by atoms with Crippen molar-refractivity contribution in [3.63, 3.8) is 0 Å². The predicted molar refractivity (Wildman–Crippen MR) is 60.6 cm³/mol. The number of hydrogen-bond acceptors (Lipinski definition) is 1. The molecule has 0 saturated heterocycles. The first-order valence-electron chi connectivity index (χ1n) is 5.98. The highest BCUT2D eigenvalue weighted by atomic mass is 19.4. The molecule has 100 valence electrons. The summed E-state index contributed by atoms with van der Waals surface area (Å²) in [5.41, 5.74) is -1.20. The second-order valence-corrected chi connectivity index (χ2v) is 4.74. The average Bonchev–Trinajstić information content (AvgIpc) is 3.06. The normalized spacial score (nSPS) is 19.6. The van der Waals surface area contributed by atoms with E-state index in [0.29, 0.717) is 12.0 Å². The number of nitrogens with one attached hydrogen (secondary N) is 1. The van der Waals surface area contributed by atoms with Crippen molar-refractivity contribution < 1.29 is 17.6 Å². The Hall–Kier alpha value is -1.10. The van der Waals surface area contributed by atoms with Crippen LogP contribution in [0, 0.1) is 5.82 Å². The summed E-state index contributed by atoms with van der Waals surface area (Å²) in [6.45, 7) is 1.79.